The molecule has 0 aliphatic heterocycles. The Labute approximate surface area is 250 Å². The summed E-state index contributed by atoms with van der Waals surface area (Å²) in [5.41, 5.74) is 8.11. The summed E-state index contributed by atoms with van der Waals surface area (Å²) in [4.78, 5) is 0. The van der Waals surface area contributed by atoms with E-state index in [4.69, 9.17) is 0 Å². The van der Waals surface area contributed by atoms with Gasteiger partial charge in [-0.25, -0.2) is 0 Å². The highest BCUT2D eigenvalue weighted by Crippen LogP contribution is 2.55. The van der Waals surface area contributed by atoms with Crippen molar-refractivity contribution in [3.63, 3.8) is 0 Å². The zero-order chi connectivity index (χ0) is 28.4. The van der Waals surface area contributed by atoms with Gasteiger partial charge in [0.2, 0.25) is 0 Å². The topological polar surface area (TPSA) is 0 Å². The molecule has 0 N–H and O–H groups in total. The van der Waals surface area contributed by atoms with Crippen molar-refractivity contribution in [1.29, 1.82) is 0 Å². The van der Waals surface area contributed by atoms with Crippen LogP contribution in [-0.4, -0.2) is 0 Å². The van der Waals surface area contributed by atoms with E-state index in [1.165, 1.54) is 98.0 Å². The van der Waals surface area contributed by atoms with Crippen molar-refractivity contribution in [2.24, 2.45) is 0 Å². The molecular formula is C43H28. The predicted molar refractivity (Wildman–Crippen MR) is 186 cm³/mol. The highest BCUT2D eigenvalue weighted by molar-refractivity contribution is 6.34. The molecule has 0 radical (unpaired) electrons. The summed E-state index contributed by atoms with van der Waals surface area (Å²) < 4.78 is 0. The van der Waals surface area contributed by atoms with Gasteiger partial charge in [0.1, 0.15) is 0 Å². The Morgan fingerprint density at radius 1 is 0.395 bits per heavy atom. The fourth-order valence-corrected chi connectivity index (χ4v) is 8.55. The van der Waals surface area contributed by atoms with E-state index >= 15 is 0 Å². The van der Waals surface area contributed by atoms with E-state index < -0.39 is 0 Å². The molecule has 0 bridgehead atoms. The average Bonchev–Trinajstić information content (AvgIpc) is 3.30. The maximum Gasteiger partial charge on any atom is 0.0165 e. The van der Waals surface area contributed by atoms with Crippen LogP contribution in [0.1, 0.15) is 25.0 Å². The fourth-order valence-electron chi connectivity index (χ4n) is 8.55. The summed E-state index contributed by atoms with van der Waals surface area (Å²) in [6, 6.07) is 50.2. The predicted octanol–water partition coefficient (Wildman–Crippen LogP) is 12.0. The van der Waals surface area contributed by atoms with Crippen LogP contribution in [0, 0.1) is 0 Å². The lowest BCUT2D eigenvalue weighted by Gasteiger charge is -2.24. The Balaban J connectivity index is 1.27. The Morgan fingerprint density at radius 3 is 1.67 bits per heavy atom. The van der Waals surface area contributed by atoms with E-state index in [1.54, 1.807) is 0 Å². The summed E-state index contributed by atoms with van der Waals surface area (Å²) in [6.07, 6.45) is 0. The van der Waals surface area contributed by atoms with Crippen molar-refractivity contribution >= 4 is 64.6 Å². The minimum atomic E-state index is -0.120. The van der Waals surface area contributed by atoms with Crippen LogP contribution in [0.3, 0.4) is 0 Å². The van der Waals surface area contributed by atoms with Gasteiger partial charge in [0.05, 0.1) is 0 Å². The number of rotatable bonds is 1. The largest absolute Gasteiger partial charge is 0.0616 e. The molecule has 10 rings (SSSR count). The standard InChI is InChI=1S/C43H28/c1-43(2)38-24-26(20-21-37(38)41-31-14-5-3-12-28(31)29-13-4-6-15-36(29)42(41)43)27-22-23-35-33-17-8-11-25-10-7-16-32(39(25)33)34-19-9-18-30(27)40(34)35/h3-24H,1-2H3. The van der Waals surface area contributed by atoms with Crippen molar-refractivity contribution < 1.29 is 0 Å². The second-order valence-electron chi connectivity index (χ2n) is 12.8. The lowest BCUT2D eigenvalue weighted by molar-refractivity contribution is 0.667. The second kappa shape index (κ2) is 8.00. The zero-order valence-electron chi connectivity index (χ0n) is 24.2. The van der Waals surface area contributed by atoms with Crippen LogP contribution in [-0.2, 0) is 5.41 Å². The van der Waals surface area contributed by atoms with E-state index in [-0.39, 0.29) is 5.41 Å². The second-order valence-corrected chi connectivity index (χ2v) is 12.8. The molecule has 1 aliphatic carbocycles. The van der Waals surface area contributed by atoms with Gasteiger partial charge in [0.15, 0.2) is 0 Å². The molecule has 0 nitrogen and oxygen atoms in total. The van der Waals surface area contributed by atoms with Crippen molar-refractivity contribution in [2.45, 2.75) is 19.3 Å². The summed E-state index contributed by atoms with van der Waals surface area (Å²) in [6.45, 7) is 4.83. The smallest absolute Gasteiger partial charge is 0.0165 e. The molecule has 0 amide bonds. The van der Waals surface area contributed by atoms with Crippen LogP contribution in [0.5, 0.6) is 0 Å². The molecule has 0 fully saturated rings. The van der Waals surface area contributed by atoms with Crippen molar-refractivity contribution in [3.05, 3.63) is 145 Å². The van der Waals surface area contributed by atoms with Crippen molar-refractivity contribution in [2.75, 3.05) is 0 Å². The number of benzene rings is 9. The van der Waals surface area contributed by atoms with Gasteiger partial charge in [-0.1, -0.05) is 141 Å². The Hall–Kier alpha value is -5.20. The van der Waals surface area contributed by atoms with E-state index in [1.807, 2.05) is 0 Å². The van der Waals surface area contributed by atoms with Crippen LogP contribution in [0.4, 0.5) is 0 Å². The minimum Gasteiger partial charge on any atom is -0.0616 e. The van der Waals surface area contributed by atoms with Crippen molar-refractivity contribution in [3.8, 4) is 22.3 Å². The van der Waals surface area contributed by atoms with Crippen LogP contribution in [0.2, 0.25) is 0 Å². The van der Waals surface area contributed by atoms with Gasteiger partial charge in [0.25, 0.3) is 0 Å². The SMILES string of the molecule is CC1(C)c2cc(-c3ccc4c5cccc6cccc(c7cccc3c74)c65)ccc2-c2c1c1ccccc1c1ccccc21. The Kier molecular flexibility index (Phi) is 4.35. The molecule has 1 aliphatic rings. The van der Waals surface area contributed by atoms with Gasteiger partial charge in [-0.05, 0) is 104 Å². The van der Waals surface area contributed by atoms with Crippen molar-refractivity contribution in [1.82, 2.24) is 0 Å². The molecule has 0 heterocycles. The monoisotopic (exact) mass is 544 g/mol. The number of fused-ring (bicyclic) bond motifs is 10. The number of hydrogen-bond donors (Lipinski definition) is 0. The first-order valence-electron chi connectivity index (χ1n) is 15.3. The van der Waals surface area contributed by atoms with E-state index in [2.05, 4.69) is 147 Å². The lowest BCUT2D eigenvalue weighted by Crippen LogP contribution is -2.15. The van der Waals surface area contributed by atoms with Crippen LogP contribution in [0.25, 0.3) is 86.9 Å². The molecule has 9 aromatic rings. The zero-order valence-corrected chi connectivity index (χ0v) is 24.2. The van der Waals surface area contributed by atoms with E-state index in [9.17, 15) is 0 Å². The summed E-state index contributed by atoms with van der Waals surface area (Å²) >= 11 is 0. The maximum atomic E-state index is 2.49. The van der Waals surface area contributed by atoms with Gasteiger partial charge in [-0.15, -0.1) is 0 Å². The first-order valence-corrected chi connectivity index (χ1v) is 15.3. The fraction of sp³-hybridized carbons (Fsp3) is 0.0698. The molecule has 0 atom stereocenters. The average molecular weight is 545 g/mol. The Morgan fingerprint density at radius 2 is 0.930 bits per heavy atom. The Bertz CT molecular complexity index is 2580. The van der Waals surface area contributed by atoms with Crippen LogP contribution < -0.4 is 0 Å². The highest BCUT2D eigenvalue weighted by atomic mass is 14.4. The van der Waals surface area contributed by atoms with Crippen LogP contribution in [0.15, 0.2) is 133 Å². The molecule has 0 spiro atoms. The van der Waals surface area contributed by atoms with Gasteiger partial charge < -0.3 is 0 Å². The quantitative estimate of drug-likeness (QED) is 0.142. The third-order valence-electron chi connectivity index (χ3n) is 10.4. The van der Waals surface area contributed by atoms with Gasteiger partial charge in [-0.3, -0.25) is 0 Å². The van der Waals surface area contributed by atoms with Gasteiger partial charge >= 0.3 is 0 Å². The molecule has 9 aromatic carbocycles. The van der Waals surface area contributed by atoms with Crippen LogP contribution >= 0.6 is 0 Å². The van der Waals surface area contributed by atoms with E-state index in [0.717, 1.165) is 0 Å². The molecule has 0 unspecified atom stereocenters. The molecule has 0 saturated carbocycles. The molecule has 0 heteroatoms. The first-order chi connectivity index (χ1) is 21.1. The summed E-state index contributed by atoms with van der Waals surface area (Å²) in [5, 5.41) is 16.1. The summed E-state index contributed by atoms with van der Waals surface area (Å²) in [7, 11) is 0. The van der Waals surface area contributed by atoms with E-state index in [0.29, 0.717) is 0 Å². The number of hydrogen-bond acceptors (Lipinski definition) is 0. The minimum absolute atomic E-state index is 0.120. The molecule has 0 saturated heterocycles. The molecule has 43 heavy (non-hydrogen) atoms. The van der Waals surface area contributed by atoms with Gasteiger partial charge in [0, 0.05) is 5.41 Å². The molecular weight excluding hydrogens is 516 g/mol. The molecule has 0 aromatic heterocycles. The summed E-state index contributed by atoms with van der Waals surface area (Å²) in [5.74, 6) is 0. The third kappa shape index (κ3) is 2.86. The normalized spacial score (nSPS) is 14.0. The molecule has 200 valence electrons. The first kappa shape index (κ1) is 23.4. The lowest BCUT2D eigenvalue weighted by atomic mass is 9.78. The maximum absolute atomic E-state index is 2.49. The third-order valence-corrected chi connectivity index (χ3v) is 10.4. The van der Waals surface area contributed by atoms with Gasteiger partial charge in [-0.2, -0.15) is 0 Å². The highest BCUT2D eigenvalue weighted by Gasteiger charge is 2.38.